The predicted octanol–water partition coefficient (Wildman–Crippen LogP) is 3.18. The molecule has 3 aromatic heterocycles. The third-order valence-electron chi connectivity index (χ3n) is 5.14. The van der Waals surface area contributed by atoms with E-state index in [0.29, 0.717) is 28.4 Å². The molecular formula is C21H20ClN7O2. The first-order valence-corrected chi connectivity index (χ1v) is 10.4. The van der Waals surface area contributed by atoms with Crippen LogP contribution in [0.5, 0.6) is 0 Å². The van der Waals surface area contributed by atoms with Gasteiger partial charge in [0, 0.05) is 28.0 Å². The second kappa shape index (κ2) is 7.73. The second-order valence-corrected chi connectivity index (χ2v) is 8.15. The van der Waals surface area contributed by atoms with Gasteiger partial charge in [0.05, 0.1) is 13.0 Å². The van der Waals surface area contributed by atoms with E-state index in [4.69, 9.17) is 16.0 Å². The van der Waals surface area contributed by atoms with Crippen LogP contribution in [-0.2, 0) is 17.8 Å². The molecule has 0 unspecified atom stereocenters. The Bertz CT molecular complexity index is 1260. The fourth-order valence-corrected chi connectivity index (χ4v) is 3.62. The molecule has 0 aliphatic heterocycles. The van der Waals surface area contributed by atoms with E-state index in [9.17, 15) is 4.79 Å². The lowest BCUT2D eigenvalue weighted by Crippen LogP contribution is -2.34. The third kappa shape index (κ3) is 4.13. The minimum Gasteiger partial charge on any atom is -0.419 e. The fourth-order valence-electron chi connectivity index (χ4n) is 3.50. The van der Waals surface area contributed by atoms with E-state index in [0.717, 1.165) is 29.8 Å². The van der Waals surface area contributed by atoms with E-state index < -0.39 is 0 Å². The Morgan fingerprint density at radius 2 is 1.97 bits per heavy atom. The molecule has 1 aromatic carbocycles. The van der Waals surface area contributed by atoms with E-state index in [1.165, 1.54) is 0 Å². The first-order valence-electron chi connectivity index (χ1n) is 10.0. The van der Waals surface area contributed by atoms with Gasteiger partial charge in [-0.25, -0.2) is 9.50 Å². The zero-order valence-electron chi connectivity index (χ0n) is 17.1. The summed E-state index contributed by atoms with van der Waals surface area (Å²) >= 11 is 5.93. The van der Waals surface area contributed by atoms with Crippen LogP contribution in [0.25, 0.3) is 17.2 Å². The van der Waals surface area contributed by atoms with Gasteiger partial charge < -0.3 is 9.32 Å². The van der Waals surface area contributed by atoms with Gasteiger partial charge >= 0.3 is 0 Å². The average molecular weight is 438 g/mol. The highest BCUT2D eigenvalue weighted by Crippen LogP contribution is 2.29. The van der Waals surface area contributed by atoms with Gasteiger partial charge in [-0.3, -0.25) is 4.79 Å². The molecule has 4 aromatic rings. The molecule has 31 heavy (non-hydrogen) atoms. The Balaban J connectivity index is 1.33. The lowest BCUT2D eigenvalue weighted by molar-refractivity contribution is -0.132. The zero-order valence-corrected chi connectivity index (χ0v) is 17.9. The Hall–Kier alpha value is -3.33. The molecule has 0 bridgehead atoms. The summed E-state index contributed by atoms with van der Waals surface area (Å²) in [5.74, 6) is 1.67. The Morgan fingerprint density at radius 3 is 2.71 bits per heavy atom. The van der Waals surface area contributed by atoms with Crippen LogP contribution in [0.1, 0.15) is 35.9 Å². The van der Waals surface area contributed by atoms with Gasteiger partial charge in [-0.1, -0.05) is 11.6 Å². The van der Waals surface area contributed by atoms with Crippen LogP contribution in [0.15, 0.2) is 34.7 Å². The molecule has 10 heteroatoms. The normalized spacial score (nSPS) is 13.6. The molecule has 3 heterocycles. The van der Waals surface area contributed by atoms with E-state index in [1.54, 1.807) is 21.5 Å². The topological polar surface area (TPSA) is 102 Å². The number of carbonyl (C=O) groups is 1. The van der Waals surface area contributed by atoms with Gasteiger partial charge in [0.1, 0.15) is 0 Å². The number of amides is 1. The van der Waals surface area contributed by atoms with Crippen molar-refractivity contribution in [3.63, 3.8) is 0 Å². The van der Waals surface area contributed by atoms with Gasteiger partial charge in [0.25, 0.3) is 5.78 Å². The monoisotopic (exact) mass is 437 g/mol. The molecule has 0 spiro atoms. The largest absolute Gasteiger partial charge is 0.419 e. The molecule has 9 nitrogen and oxygen atoms in total. The number of carbonyl (C=O) groups excluding carboxylic acids is 1. The third-order valence-corrected chi connectivity index (χ3v) is 5.40. The van der Waals surface area contributed by atoms with Crippen LogP contribution in [0.3, 0.4) is 0 Å². The van der Waals surface area contributed by atoms with Crippen LogP contribution in [0, 0.1) is 13.8 Å². The van der Waals surface area contributed by atoms with Gasteiger partial charge in [-0.05, 0) is 57.0 Å². The lowest BCUT2D eigenvalue weighted by atomic mass is 10.2. The molecule has 0 atom stereocenters. The van der Waals surface area contributed by atoms with Crippen molar-refractivity contribution in [1.29, 1.82) is 0 Å². The number of rotatable bonds is 6. The summed E-state index contributed by atoms with van der Waals surface area (Å²) in [7, 11) is 0. The fraction of sp³-hybridized carbons (Fsp3) is 0.333. The van der Waals surface area contributed by atoms with E-state index in [1.807, 2.05) is 32.0 Å². The van der Waals surface area contributed by atoms with Crippen LogP contribution in [0.2, 0.25) is 5.02 Å². The minimum absolute atomic E-state index is 0.0703. The van der Waals surface area contributed by atoms with Crippen LogP contribution >= 0.6 is 11.6 Å². The highest BCUT2D eigenvalue weighted by molar-refractivity contribution is 6.30. The Labute approximate surface area is 183 Å². The molecule has 0 N–H and O–H groups in total. The maximum Gasteiger partial charge on any atom is 0.252 e. The van der Waals surface area contributed by atoms with Crippen molar-refractivity contribution in [3.8, 4) is 11.5 Å². The SMILES string of the molecule is Cc1cc(C)n2nc(CC(=O)N(Cc3nnc(-c4ccc(Cl)cc4)o3)C3CC3)nc2n1. The lowest BCUT2D eigenvalue weighted by Gasteiger charge is -2.19. The first kappa shape index (κ1) is 19.6. The molecule has 158 valence electrons. The molecule has 0 radical (unpaired) electrons. The summed E-state index contributed by atoms with van der Waals surface area (Å²) in [6.45, 7) is 4.10. The van der Waals surface area contributed by atoms with Crippen LogP contribution < -0.4 is 0 Å². The summed E-state index contributed by atoms with van der Waals surface area (Å²) in [5.41, 5.74) is 2.57. The number of nitrogens with zero attached hydrogens (tertiary/aromatic N) is 7. The average Bonchev–Trinajstić information content (AvgIpc) is 3.32. The number of fused-ring (bicyclic) bond motifs is 1. The number of benzene rings is 1. The highest BCUT2D eigenvalue weighted by atomic mass is 35.5. The van der Waals surface area contributed by atoms with Crippen molar-refractivity contribution in [2.24, 2.45) is 0 Å². The highest BCUT2D eigenvalue weighted by Gasteiger charge is 2.34. The van der Waals surface area contributed by atoms with E-state index >= 15 is 0 Å². The van der Waals surface area contributed by atoms with Crippen LogP contribution in [0.4, 0.5) is 0 Å². The second-order valence-electron chi connectivity index (χ2n) is 7.72. The number of aromatic nitrogens is 6. The molecule has 1 aliphatic rings. The quantitative estimate of drug-likeness (QED) is 0.456. The van der Waals surface area contributed by atoms with Gasteiger partial charge in [-0.15, -0.1) is 15.3 Å². The van der Waals surface area contributed by atoms with Crippen molar-refractivity contribution in [2.75, 3.05) is 0 Å². The maximum atomic E-state index is 13.1. The summed E-state index contributed by atoms with van der Waals surface area (Å²) in [6, 6.07) is 9.27. The van der Waals surface area contributed by atoms with E-state index in [-0.39, 0.29) is 24.9 Å². The van der Waals surface area contributed by atoms with Gasteiger partial charge in [0.2, 0.25) is 17.7 Å². The molecule has 0 saturated heterocycles. The smallest absolute Gasteiger partial charge is 0.252 e. The summed E-state index contributed by atoms with van der Waals surface area (Å²) in [5, 5.41) is 13.3. The van der Waals surface area contributed by atoms with Gasteiger partial charge in [-0.2, -0.15) is 4.98 Å². The predicted molar refractivity (Wildman–Crippen MR) is 112 cm³/mol. The molecular weight excluding hydrogens is 418 g/mol. The number of aryl methyl sites for hydroxylation is 2. The van der Waals surface area contributed by atoms with Crippen molar-refractivity contribution >= 4 is 23.3 Å². The Kier molecular flexibility index (Phi) is 4.90. The molecule has 1 aliphatic carbocycles. The first-order chi connectivity index (χ1) is 15.0. The van der Waals surface area contributed by atoms with Crippen LogP contribution in [-0.4, -0.2) is 46.6 Å². The molecule has 5 rings (SSSR count). The zero-order chi connectivity index (χ0) is 21.5. The van der Waals surface area contributed by atoms with Crippen molar-refractivity contribution in [3.05, 3.63) is 58.5 Å². The summed E-state index contributed by atoms with van der Waals surface area (Å²) in [6.07, 6.45) is 2.02. The van der Waals surface area contributed by atoms with E-state index in [2.05, 4.69) is 25.3 Å². The summed E-state index contributed by atoms with van der Waals surface area (Å²) < 4.78 is 7.45. The van der Waals surface area contributed by atoms with Crippen molar-refractivity contribution in [2.45, 2.75) is 45.7 Å². The molecule has 1 fully saturated rings. The van der Waals surface area contributed by atoms with Crippen molar-refractivity contribution in [1.82, 2.24) is 34.7 Å². The summed E-state index contributed by atoms with van der Waals surface area (Å²) in [4.78, 5) is 23.6. The van der Waals surface area contributed by atoms with Crippen molar-refractivity contribution < 1.29 is 9.21 Å². The van der Waals surface area contributed by atoms with Gasteiger partial charge in [0.15, 0.2) is 5.82 Å². The number of halogens is 1. The number of hydrogen-bond acceptors (Lipinski definition) is 7. The number of hydrogen-bond donors (Lipinski definition) is 0. The maximum absolute atomic E-state index is 13.1. The molecule has 1 saturated carbocycles. The minimum atomic E-state index is -0.0703. The molecule has 1 amide bonds. The Morgan fingerprint density at radius 1 is 1.19 bits per heavy atom. The standard InChI is InChI=1S/C21H20ClN7O2/c1-12-9-13(2)29-21(23-12)24-17(27-29)10-19(30)28(16-7-8-16)11-18-25-26-20(31-18)14-3-5-15(22)6-4-14/h3-6,9,16H,7-8,10-11H2,1-2H3.